The van der Waals surface area contributed by atoms with Crippen LogP contribution in [0.4, 0.5) is 0 Å². The number of hydrogen-bond acceptors (Lipinski definition) is 4. The Morgan fingerprint density at radius 1 is 1.13 bits per heavy atom. The van der Waals surface area contributed by atoms with Gasteiger partial charge in [-0.1, -0.05) is 46.3 Å². The van der Waals surface area contributed by atoms with E-state index in [1.807, 2.05) is 49.4 Å². The number of thiazole rings is 1. The van der Waals surface area contributed by atoms with E-state index in [1.165, 1.54) is 11.3 Å². The van der Waals surface area contributed by atoms with Gasteiger partial charge in [0, 0.05) is 26.8 Å². The maximum absolute atomic E-state index is 11.6. The molecule has 0 spiro atoms. The highest BCUT2D eigenvalue weighted by atomic mass is 79.9. The number of aromatic amines is 1. The first-order chi connectivity index (χ1) is 14.5. The van der Waals surface area contributed by atoms with Crippen molar-refractivity contribution in [1.82, 2.24) is 9.55 Å². The molecule has 0 saturated carbocycles. The lowest BCUT2D eigenvalue weighted by atomic mass is 10.1. The van der Waals surface area contributed by atoms with Crippen molar-refractivity contribution < 1.29 is 4.79 Å². The van der Waals surface area contributed by atoms with E-state index in [1.54, 1.807) is 19.2 Å². The quantitative estimate of drug-likeness (QED) is 0.221. The summed E-state index contributed by atoms with van der Waals surface area (Å²) in [5.41, 5.74) is 5.40. The van der Waals surface area contributed by atoms with Crippen molar-refractivity contribution in [2.75, 3.05) is 0 Å². The molecule has 5 nitrogen and oxygen atoms in total. The van der Waals surface area contributed by atoms with Gasteiger partial charge in [0.1, 0.15) is 0 Å². The fourth-order valence-electron chi connectivity index (χ4n) is 3.19. The second-order valence-electron chi connectivity index (χ2n) is 6.75. The number of H-pyrrole nitrogens is 1. The molecular weight excluding hydrogens is 460 g/mol. The number of carbonyl (C=O) groups is 1. The van der Waals surface area contributed by atoms with E-state index in [9.17, 15) is 4.79 Å². The molecule has 0 aliphatic rings. The average molecular weight is 479 g/mol. The Morgan fingerprint density at radius 2 is 1.87 bits per heavy atom. The minimum absolute atomic E-state index is 0.0275. The number of benzene rings is 2. The van der Waals surface area contributed by atoms with Crippen LogP contribution in [0.2, 0.25) is 0 Å². The Morgan fingerprint density at radius 3 is 2.53 bits per heavy atom. The molecule has 0 amide bonds. The van der Waals surface area contributed by atoms with Crippen LogP contribution < -0.4 is 4.80 Å². The number of ketones is 1. The Bertz CT molecular complexity index is 1280. The third-order valence-electron chi connectivity index (χ3n) is 4.62. The van der Waals surface area contributed by atoms with Crippen molar-refractivity contribution in [3.8, 4) is 16.9 Å². The zero-order chi connectivity index (χ0) is 21.1. The first kappa shape index (κ1) is 20.3. The number of nitrogens with one attached hydrogen (secondary N) is 1. The molecule has 2 heterocycles. The summed E-state index contributed by atoms with van der Waals surface area (Å²) in [6, 6.07) is 20.1. The third-order valence-corrected chi connectivity index (χ3v) is 5.96. The smallest absolute Gasteiger partial charge is 0.215 e. The van der Waals surface area contributed by atoms with E-state index >= 15 is 0 Å². The summed E-state index contributed by atoms with van der Waals surface area (Å²) in [6.45, 7) is 3.43. The summed E-state index contributed by atoms with van der Waals surface area (Å²) in [4.78, 5) is 15.6. The molecule has 0 atom stereocenters. The van der Waals surface area contributed by atoms with E-state index < -0.39 is 0 Å². The number of nitrogens with zero attached hydrogens (tertiary/aromatic N) is 3. The highest BCUT2D eigenvalue weighted by molar-refractivity contribution is 9.10. The van der Waals surface area contributed by atoms with Crippen LogP contribution >= 0.6 is 27.3 Å². The van der Waals surface area contributed by atoms with Gasteiger partial charge in [0.2, 0.25) is 4.80 Å². The van der Waals surface area contributed by atoms with E-state index in [0.29, 0.717) is 5.56 Å². The number of hydrogen-bond donors (Lipinski definition) is 1. The summed E-state index contributed by atoms with van der Waals surface area (Å²) < 4.78 is 3.13. The van der Waals surface area contributed by atoms with Gasteiger partial charge >= 0.3 is 0 Å². The van der Waals surface area contributed by atoms with Crippen molar-refractivity contribution in [3.05, 3.63) is 92.3 Å². The number of halogens is 1. The zero-order valence-corrected chi connectivity index (χ0v) is 18.9. The highest BCUT2D eigenvalue weighted by Gasteiger charge is 2.10. The molecule has 0 bridgehead atoms. The van der Waals surface area contributed by atoms with E-state index in [2.05, 4.69) is 53.2 Å². The fourth-order valence-corrected chi connectivity index (χ4v) is 4.32. The van der Waals surface area contributed by atoms with Crippen molar-refractivity contribution >= 4 is 39.3 Å². The second kappa shape index (κ2) is 8.77. The maximum Gasteiger partial charge on any atom is 0.215 e. The molecule has 150 valence electrons. The van der Waals surface area contributed by atoms with Crippen molar-refractivity contribution in [2.24, 2.45) is 10.2 Å². The van der Waals surface area contributed by atoms with E-state index in [4.69, 9.17) is 0 Å². The predicted molar refractivity (Wildman–Crippen MR) is 125 cm³/mol. The van der Waals surface area contributed by atoms with Crippen LogP contribution in [0, 0.1) is 6.92 Å². The SMILES string of the molecule is CC(=O)c1cc(/C=N\N=c2\scc(-c3ccc(Br)cc3)n2-c2ccccc2)[nH]c1C. The highest BCUT2D eigenvalue weighted by Crippen LogP contribution is 2.25. The van der Waals surface area contributed by atoms with E-state index in [0.717, 1.165) is 37.6 Å². The number of rotatable bonds is 5. The molecule has 0 radical (unpaired) electrons. The first-order valence-electron chi connectivity index (χ1n) is 9.32. The Kier molecular flexibility index (Phi) is 5.92. The lowest BCUT2D eigenvalue weighted by Gasteiger charge is -2.09. The molecule has 30 heavy (non-hydrogen) atoms. The summed E-state index contributed by atoms with van der Waals surface area (Å²) in [6.07, 6.45) is 1.63. The average Bonchev–Trinajstić information content (AvgIpc) is 3.33. The minimum atomic E-state index is 0.0275. The summed E-state index contributed by atoms with van der Waals surface area (Å²) in [5, 5.41) is 10.8. The second-order valence-corrected chi connectivity index (χ2v) is 8.50. The van der Waals surface area contributed by atoms with Crippen molar-refractivity contribution in [1.29, 1.82) is 0 Å². The number of carbonyl (C=O) groups excluding carboxylic acids is 1. The number of aryl methyl sites for hydroxylation is 1. The molecule has 0 aliphatic carbocycles. The van der Waals surface area contributed by atoms with Gasteiger partial charge < -0.3 is 4.98 Å². The topological polar surface area (TPSA) is 62.5 Å². The molecule has 0 saturated heterocycles. The maximum atomic E-state index is 11.6. The third kappa shape index (κ3) is 4.27. The molecule has 4 rings (SSSR count). The summed E-state index contributed by atoms with van der Waals surface area (Å²) >= 11 is 5.02. The molecule has 0 fully saturated rings. The van der Waals surface area contributed by atoms with Gasteiger partial charge in [0.15, 0.2) is 5.78 Å². The molecule has 2 aromatic carbocycles. The largest absolute Gasteiger partial charge is 0.357 e. The van der Waals surface area contributed by atoms with Gasteiger partial charge in [-0.25, -0.2) is 0 Å². The molecule has 1 N–H and O–H groups in total. The lowest BCUT2D eigenvalue weighted by Crippen LogP contribution is -2.13. The van der Waals surface area contributed by atoms with Crippen LogP contribution in [-0.2, 0) is 0 Å². The van der Waals surface area contributed by atoms with Crippen molar-refractivity contribution in [2.45, 2.75) is 13.8 Å². The Balaban J connectivity index is 1.77. The number of Topliss-reactive ketones (excluding diaryl/α,β-unsaturated/α-hetero) is 1. The van der Waals surface area contributed by atoms with Crippen molar-refractivity contribution in [3.63, 3.8) is 0 Å². The van der Waals surface area contributed by atoms with Gasteiger partial charge in [-0.15, -0.1) is 16.4 Å². The van der Waals surface area contributed by atoms with Gasteiger partial charge in [-0.3, -0.25) is 9.36 Å². The minimum Gasteiger partial charge on any atom is -0.357 e. The zero-order valence-electron chi connectivity index (χ0n) is 16.5. The lowest BCUT2D eigenvalue weighted by molar-refractivity contribution is 0.101. The van der Waals surface area contributed by atoms with Crippen LogP contribution in [0.3, 0.4) is 0 Å². The predicted octanol–water partition coefficient (Wildman–Crippen LogP) is 5.74. The first-order valence-corrected chi connectivity index (χ1v) is 11.0. The van der Waals surface area contributed by atoms with Gasteiger partial charge in [0.05, 0.1) is 17.6 Å². The number of para-hydroxylation sites is 1. The monoisotopic (exact) mass is 478 g/mol. The number of aromatic nitrogens is 2. The molecule has 4 aromatic rings. The van der Waals surface area contributed by atoms with E-state index in [-0.39, 0.29) is 5.78 Å². The normalized spacial score (nSPS) is 12.0. The molecular formula is C23H19BrN4OS. The van der Waals surface area contributed by atoms with Gasteiger partial charge in [0.25, 0.3) is 0 Å². The van der Waals surface area contributed by atoms with Crippen LogP contribution in [0.5, 0.6) is 0 Å². The van der Waals surface area contributed by atoms with Crippen LogP contribution in [0.25, 0.3) is 16.9 Å². The van der Waals surface area contributed by atoms with Gasteiger partial charge in [-0.05, 0) is 49.7 Å². The van der Waals surface area contributed by atoms with Crippen LogP contribution in [-0.4, -0.2) is 21.5 Å². The Labute approximate surface area is 186 Å². The standard InChI is InChI=1S/C23H19BrN4OS/c1-15-21(16(2)29)12-19(26-15)13-25-27-23-28(20-6-4-3-5-7-20)22(14-30-23)17-8-10-18(24)11-9-17/h3-14,26H,1-2H3/b25-13-,27-23+. The molecule has 0 unspecified atom stereocenters. The Hall–Kier alpha value is -3.03. The molecule has 2 aromatic heterocycles. The molecule has 7 heteroatoms. The summed E-state index contributed by atoms with van der Waals surface area (Å²) in [7, 11) is 0. The van der Waals surface area contributed by atoms with Crippen LogP contribution in [0.15, 0.2) is 80.7 Å². The molecule has 0 aliphatic heterocycles. The fraction of sp³-hybridized carbons (Fsp3) is 0.0870. The summed E-state index contributed by atoms with van der Waals surface area (Å²) in [5.74, 6) is 0.0275. The van der Waals surface area contributed by atoms with Gasteiger partial charge in [-0.2, -0.15) is 5.10 Å². The van der Waals surface area contributed by atoms with Crippen LogP contribution in [0.1, 0.15) is 28.7 Å².